The van der Waals surface area contributed by atoms with Crippen LogP contribution in [0.25, 0.3) is 10.8 Å². The van der Waals surface area contributed by atoms with Crippen LogP contribution in [0.5, 0.6) is 0 Å². The molecule has 0 bridgehead atoms. The lowest BCUT2D eigenvalue weighted by molar-refractivity contribution is 0.949. The molecule has 0 saturated carbocycles. The Balaban J connectivity index is 2.45. The lowest BCUT2D eigenvalue weighted by Crippen LogP contribution is -2.21. The second kappa shape index (κ2) is 6.07. The van der Waals surface area contributed by atoms with Gasteiger partial charge in [-0.3, -0.25) is 0 Å². The van der Waals surface area contributed by atoms with Crippen LogP contribution in [0.4, 0.5) is 5.82 Å². The molecule has 0 spiro atoms. The molecule has 0 aliphatic heterocycles. The zero-order valence-electron chi connectivity index (χ0n) is 10.9. The van der Waals surface area contributed by atoms with Gasteiger partial charge < -0.3 is 10.6 Å². The summed E-state index contributed by atoms with van der Waals surface area (Å²) in [7, 11) is 2.09. The fourth-order valence-electron chi connectivity index (χ4n) is 2.04. The van der Waals surface area contributed by atoms with Gasteiger partial charge in [0.1, 0.15) is 5.82 Å². The largest absolute Gasteiger partial charge is 0.358 e. The molecule has 0 radical (unpaired) electrons. The lowest BCUT2D eigenvalue weighted by Gasteiger charge is -2.20. The maximum atomic E-state index is 5.77. The van der Waals surface area contributed by atoms with Gasteiger partial charge in [-0.1, -0.05) is 24.3 Å². The smallest absolute Gasteiger partial charge is 0.136 e. The summed E-state index contributed by atoms with van der Waals surface area (Å²) >= 11 is 1.85. The fraction of sp³-hybridized carbons (Fsp3) is 0.357. The van der Waals surface area contributed by atoms with Gasteiger partial charge in [0.25, 0.3) is 0 Å². The number of pyridine rings is 1. The maximum absolute atomic E-state index is 5.77. The molecular weight excluding hydrogens is 242 g/mol. The standard InChI is InChI=1S/C14H19N3S/c1-17(7-8-18-2)14-13-6-4-3-5-12(13)11(9-15)10-16-14/h3-6,10H,7-9,15H2,1-2H3. The van der Waals surface area contributed by atoms with Gasteiger partial charge in [-0.2, -0.15) is 11.8 Å². The molecule has 0 amide bonds. The van der Waals surface area contributed by atoms with Gasteiger partial charge in [-0.25, -0.2) is 4.98 Å². The lowest BCUT2D eigenvalue weighted by atomic mass is 10.1. The topological polar surface area (TPSA) is 42.2 Å². The average molecular weight is 261 g/mol. The Kier molecular flexibility index (Phi) is 4.44. The Hall–Kier alpha value is -1.26. The third-order valence-electron chi connectivity index (χ3n) is 3.07. The molecule has 2 rings (SSSR count). The molecule has 0 unspecified atom stereocenters. The van der Waals surface area contributed by atoms with E-state index in [4.69, 9.17) is 5.73 Å². The highest BCUT2D eigenvalue weighted by atomic mass is 32.2. The van der Waals surface area contributed by atoms with Gasteiger partial charge in [0.15, 0.2) is 0 Å². The van der Waals surface area contributed by atoms with Gasteiger partial charge in [0.2, 0.25) is 0 Å². The Bertz CT molecular complexity index is 527. The van der Waals surface area contributed by atoms with Crippen molar-refractivity contribution in [2.24, 2.45) is 5.73 Å². The van der Waals surface area contributed by atoms with Crippen LogP contribution < -0.4 is 10.6 Å². The third-order valence-corrected chi connectivity index (χ3v) is 3.66. The zero-order chi connectivity index (χ0) is 13.0. The van der Waals surface area contributed by atoms with Crippen LogP contribution in [-0.2, 0) is 6.54 Å². The molecular formula is C14H19N3S. The highest BCUT2D eigenvalue weighted by Crippen LogP contribution is 2.26. The minimum absolute atomic E-state index is 0.530. The number of benzene rings is 1. The summed E-state index contributed by atoms with van der Waals surface area (Å²) in [5.41, 5.74) is 6.87. The molecule has 0 saturated heterocycles. The molecule has 0 fully saturated rings. The molecule has 0 aliphatic carbocycles. The van der Waals surface area contributed by atoms with E-state index in [0.29, 0.717) is 6.54 Å². The first kappa shape index (κ1) is 13.2. The molecule has 4 heteroatoms. The maximum Gasteiger partial charge on any atom is 0.136 e. The van der Waals surface area contributed by atoms with E-state index in [9.17, 15) is 0 Å². The molecule has 0 aliphatic rings. The first-order valence-corrected chi connectivity index (χ1v) is 7.44. The first-order valence-electron chi connectivity index (χ1n) is 6.04. The number of rotatable bonds is 5. The van der Waals surface area contributed by atoms with E-state index in [1.54, 1.807) is 0 Å². The summed E-state index contributed by atoms with van der Waals surface area (Å²) in [4.78, 5) is 6.77. The van der Waals surface area contributed by atoms with Gasteiger partial charge in [0.05, 0.1) is 0 Å². The molecule has 1 aromatic heterocycles. The van der Waals surface area contributed by atoms with Crippen molar-refractivity contribution in [1.82, 2.24) is 4.98 Å². The van der Waals surface area contributed by atoms with Gasteiger partial charge in [0, 0.05) is 37.5 Å². The molecule has 1 aromatic carbocycles. The number of thioether (sulfide) groups is 1. The number of fused-ring (bicyclic) bond motifs is 1. The van der Waals surface area contributed by atoms with Gasteiger partial charge in [-0.05, 0) is 17.2 Å². The Morgan fingerprint density at radius 1 is 1.28 bits per heavy atom. The van der Waals surface area contributed by atoms with Crippen molar-refractivity contribution in [1.29, 1.82) is 0 Å². The quantitative estimate of drug-likeness (QED) is 0.898. The Morgan fingerprint density at radius 3 is 2.67 bits per heavy atom. The van der Waals surface area contributed by atoms with Crippen LogP contribution in [0.3, 0.4) is 0 Å². The minimum atomic E-state index is 0.530. The Labute approximate surface area is 112 Å². The normalized spacial score (nSPS) is 10.8. The number of hydrogen-bond acceptors (Lipinski definition) is 4. The molecule has 2 N–H and O–H groups in total. The summed E-state index contributed by atoms with van der Waals surface area (Å²) in [5, 5.41) is 2.39. The van der Waals surface area contributed by atoms with Crippen molar-refractivity contribution in [3.63, 3.8) is 0 Å². The summed E-state index contributed by atoms with van der Waals surface area (Å²) < 4.78 is 0. The number of anilines is 1. The number of aromatic nitrogens is 1. The van der Waals surface area contributed by atoms with Crippen molar-refractivity contribution >= 4 is 28.4 Å². The zero-order valence-corrected chi connectivity index (χ0v) is 11.7. The molecule has 0 atom stereocenters. The van der Waals surface area contributed by atoms with Crippen LogP contribution >= 0.6 is 11.8 Å². The van der Waals surface area contributed by atoms with Gasteiger partial charge in [-0.15, -0.1) is 0 Å². The van der Waals surface area contributed by atoms with E-state index >= 15 is 0 Å². The van der Waals surface area contributed by atoms with Crippen molar-refractivity contribution < 1.29 is 0 Å². The number of nitrogens with two attached hydrogens (primary N) is 1. The first-order chi connectivity index (χ1) is 8.77. The van der Waals surface area contributed by atoms with E-state index < -0.39 is 0 Å². The van der Waals surface area contributed by atoms with Crippen LogP contribution in [-0.4, -0.2) is 30.6 Å². The van der Waals surface area contributed by atoms with Crippen LogP contribution in [0, 0.1) is 0 Å². The number of nitrogens with zero attached hydrogens (tertiary/aromatic N) is 2. The van der Waals surface area contributed by atoms with E-state index in [2.05, 4.69) is 41.4 Å². The molecule has 96 valence electrons. The molecule has 1 heterocycles. The Morgan fingerprint density at radius 2 is 2.00 bits per heavy atom. The van der Waals surface area contributed by atoms with E-state index in [0.717, 1.165) is 23.7 Å². The third kappa shape index (κ3) is 2.60. The highest BCUT2D eigenvalue weighted by molar-refractivity contribution is 7.98. The van der Waals surface area contributed by atoms with E-state index in [1.807, 2.05) is 24.0 Å². The molecule has 2 aromatic rings. The van der Waals surface area contributed by atoms with Crippen molar-refractivity contribution in [2.45, 2.75) is 6.54 Å². The highest BCUT2D eigenvalue weighted by Gasteiger charge is 2.09. The predicted molar refractivity (Wildman–Crippen MR) is 81.3 cm³/mol. The van der Waals surface area contributed by atoms with Crippen LogP contribution in [0.2, 0.25) is 0 Å². The minimum Gasteiger partial charge on any atom is -0.358 e. The molecule has 3 nitrogen and oxygen atoms in total. The van der Waals surface area contributed by atoms with Crippen molar-refractivity contribution in [2.75, 3.05) is 30.5 Å². The SMILES string of the molecule is CSCCN(C)c1ncc(CN)c2ccccc12. The van der Waals surface area contributed by atoms with Crippen molar-refractivity contribution in [3.05, 3.63) is 36.0 Å². The monoisotopic (exact) mass is 261 g/mol. The summed E-state index contributed by atoms with van der Waals surface area (Å²) in [6, 6.07) is 8.33. The van der Waals surface area contributed by atoms with E-state index in [-0.39, 0.29) is 0 Å². The average Bonchev–Trinajstić information content (AvgIpc) is 2.43. The van der Waals surface area contributed by atoms with Crippen LogP contribution in [0.1, 0.15) is 5.56 Å². The van der Waals surface area contributed by atoms with E-state index in [1.165, 1.54) is 10.8 Å². The molecule has 18 heavy (non-hydrogen) atoms. The summed E-state index contributed by atoms with van der Waals surface area (Å²) in [5.74, 6) is 2.14. The van der Waals surface area contributed by atoms with Crippen molar-refractivity contribution in [3.8, 4) is 0 Å². The predicted octanol–water partition coefficient (Wildman–Crippen LogP) is 2.49. The summed E-state index contributed by atoms with van der Waals surface area (Å²) in [6.07, 6.45) is 4.02. The second-order valence-electron chi connectivity index (χ2n) is 4.27. The number of hydrogen-bond donors (Lipinski definition) is 1. The summed E-state index contributed by atoms with van der Waals surface area (Å²) in [6.45, 7) is 1.53. The second-order valence-corrected chi connectivity index (χ2v) is 5.26. The van der Waals surface area contributed by atoms with Crippen LogP contribution in [0.15, 0.2) is 30.5 Å². The van der Waals surface area contributed by atoms with Gasteiger partial charge >= 0.3 is 0 Å². The fourth-order valence-corrected chi connectivity index (χ4v) is 2.49.